The number of carboxylic acid groups (broad SMARTS) is 1. The van der Waals surface area contributed by atoms with Crippen molar-refractivity contribution in [2.24, 2.45) is 0 Å². The van der Waals surface area contributed by atoms with Gasteiger partial charge in [0, 0.05) is 15.7 Å². The number of nitrogens with zero attached hydrogens (tertiary/aromatic N) is 1. The lowest BCUT2D eigenvalue weighted by Gasteiger charge is -1.86. The molecule has 0 unspecified atom stereocenters. The highest BCUT2D eigenvalue weighted by Gasteiger charge is 2.03. The van der Waals surface area contributed by atoms with Gasteiger partial charge in [0.2, 0.25) is 5.89 Å². The Kier molecular flexibility index (Phi) is 2.72. The first-order valence-corrected chi connectivity index (χ1v) is 5.20. The summed E-state index contributed by atoms with van der Waals surface area (Å²) in [5, 5.41) is 8.44. The number of hydrogen-bond acceptors (Lipinski definition) is 3. The Morgan fingerprint density at radius 2 is 2.33 bits per heavy atom. The van der Waals surface area contributed by atoms with E-state index in [1.807, 2.05) is 18.2 Å². The van der Waals surface area contributed by atoms with Gasteiger partial charge in [0.05, 0.1) is 0 Å². The molecule has 4 nitrogen and oxygen atoms in total. The average Bonchev–Trinajstić information content (AvgIpc) is 2.56. The van der Waals surface area contributed by atoms with Gasteiger partial charge in [-0.05, 0) is 40.8 Å². The number of halogens is 1. The highest BCUT2D eigenvalue weighted by molar-refractivity contribution is 14.1. The minimum atomic E-state index is -1.02. The van der Waals surface area contributed by atoms with E-state index in [0.717, 1.165) is 15.2 Å². The Morgan fingerprint density at radius 3 is 3.07 bits per heavy atom. The molecule has 1 aromatic carbocycles. The van der Waals surface area contributed by atoms with E-state index in [-0.39, 0.29) is 0 Å². The highest BCUT2D eigenvalue weighted by Crippen LogP contribution is 2.18. The molecular formula is C10H6INO3. The predicted molar refractivity (Wildman–Crippen MR) is 63.4 cm³/mol. The van der Waals surface area contributed by atoms with E-state index >= 15 is 0 Å². The van der Waals surface area contributed by atoms with Crippen LogP contribution in [0.4, 0.5) is 0 Å². The average molecular weight is 315 g/mol. The molecule has 76 valence electrons. The van der Waals surface area contributed by atoms with Gasteiger partial charge >= 0.3 is 5.97 Å². The third kappa shape index (κ3) is 2.35. The Morgan fingerprint density at radius 1 is 1.53 bits per heavy atom. The van der Waals surface area contributed by atoms with E-state index in [2.05, 4.69) is 27.6 Å². The van der Waals surface area contributed by atoms with E-state index in [1.54, 1.807) is 0 Å². The van der Waals surface area contributed by atoms with E-state index in [0.29, 0.717) is 11.5 Å². The summed E-state index contributed by atoms with van der Waals surface area (Å²) in [5.74, 6) is -0.721. The van der Waals surface area contributed by atoms with Crippen molar-refractivity contribution in [2.75, 3.05) is 0 Å². The monoisotopic (exact) mass is 315 g/mol. The first-order chi connectivity index (χ1) is 7.15. The summed E-state index contributed by atoms with van der Waals surface area (Å²) in [7, 11) is 0. The lowest BCUT2D eigenvalue weighted by Crippen LogP contribution is -1.85. The topological polar surface area (TPSA) is 63.3 Å². The van der Waals surface area contributed by atoms with Gasteiger partial charge in [-0.15, -0.1) is 0 Å². The van der Waals surface area contributed by atoms with Crippen molar-refractivity contribution in [1.82, 2.24) is 4.98 Å². The van der Waals surface area contributed by atoms with E-state index in [1.165, 1.54) is 6.08 Å². The first kappa shape index (κ1) is 10.2. The van der Waals surface area contributed by atoms with E-state index < -0.39 is 5.97 Å². The van der Waals surface area contributed by atoms with Crippen LogP contribution in [0.15, 0.2) is 28.7 Å². The molecule has 1 N–H and O–H groups in total. The number of carbonyl (C=O) groups is 1. The van der Waals surface area contributed by atoms with Gasteiger partial charge in [-0.3, -0.25) is 0 Å². The molecule has 15 heavy (non-hydrogen) atoms. The maximum atomic E-state index is 10.3. The summed E-state index contributed by atoms with van der Waals surface area (Å²) in [5.41, 5.74) is 1.38. The molecule has 0 saturated carbocycles. The molecule has 5 heteroatoms. The fourth-order valence-electron chi connectivity index (χ4n) is 1.13. The van der Waals surface area contributed by atoms with Crippen LogP contribution in [0.2, 0.25) is 0 Å². The fourth-order valence-corrected chi connectivity index (χ4v) is 1.59. The van der Waals surface area contributed by atoms with Crippen LogP contribution in [0.1, 0.15) is 5.89 Å². The van der Waals surface area contributed by atoms with E-state index in [9.17, 15) is 4.79 Å². The molecule has 0 saturated heterocycles. The zero-order valence-corrected chi connectivity index (χ0v) is 9.63. The quantitative estimate of drug-likeness (QED) is 0.683. The maximum absolute atomic E-state index is 10.3. The number of carboxylic acids is 1. The van der Waals surface area contributed by atoms with Gasteiger partial charge in [-0.25, -0.2) is 9.78 Å². The van der Waals surface area contributed by atoms with Gasteiger partial charge in [0.15, 0.2) is 5.58 Å². The van der Waals surface area contributed by atoms with Crippen LogP contribution in [-0.4, -0.2) is 16.1 Å². The Bertz CT molecular complexity index is 545. The molecule has 0 atom stereocenters. The van der Waals surface area contributed by atoms with Gasteiger partial charge in [-0.1, -0.05) is 0 Å². The van der Waals surface area contributed by atoms with Crippen LogP contribution in [0, 0.1) is 3.57 Å². The van der Waals surface area contributed by atoms with E-state index in [4.69, 9.17) is 9.52 Å². The molecule has 1 aromatic heterocycles. The molecule has 1 heterocycles. The van der Waals surface area contributed by atoms with Crippen LogP contribution >= 0.6 is 22.6 Å². The van der Waals surface area contributed by atoms with Crippen molar-refractivity contribution in [2.45, 2.75) is 0 Å². The number of fused-ring (bicyclic) bond motifs is 1. The molecule has 2 aromatic rings. The molecule has 2 rings (SSSR count). The highest BCUT2D eigenvalue weighted by atomic mass is 127. The zero-order chi connectivity index (χ0) is 10.8. The van der Waals surface area contributed by atoms with Crippen molar-refractivity contribution in [3.8, 4) is 0 Å². The molecule has 0 fully saturated rings. The van der Waals surface area contributed by atoms with Gasteiger partial charge in [0.1, 0.15) is 5.52 Å². The molecule has 0 bridgehead atoms. The summed E-state index contributed by atoms with van der Waals surface area (Å²) in [4.78, 5) is 14.4. The standard InChI is InChI=1S/C10H6INO3/c11-6-1-2-7-8(5-6)15-9(12-7)3-4-10(13)14/h1-5H,(H,13,14)/b4-3+. The van der Waals surface area contributed by atoms with Crippen LogP contribution in [0.3, 0.4) is 0 Å². The second-order valence-electron chi connectivity index (χ2n) is 2.84. The van der Waals surface area contributed by atoms with Crippen molar-refractivity contribution in [1.29, 1.82) is 0 Å². The molecule has 0 amide bonds. The first-order valence-electron chi connectivity index (χ1n) is 4.12. The third-order valence-electron chi connectivity index (χ3n) is 1.74. The maximum Gasteiger partial charge on any atom is 0.328 e. The number of aliphatic carboxylic acids is 1. The minimum absolute atomic E-state index is 0.300. The lowest BCUT2D eigenvalue weighted by molar-refractivity contribution is -0.131. The lowest BCUT2D eigenvalue weighted by atomic mass is 10.3. The van der Waals surface area contributed by atoms with Crippen LogP contribution in [0.5, 0.6) is 0 Å². The van der Waals surface area contributed by atoms with Crippen molar-refractivity contribution >= 4 is 45.7 Å². The Hall–Kier alpha value is -1.37. The summed E-state index contributed by atoms with van der Waals surface area (Å²) in [6.45, 7) is 0. The Labute approximate surface area is 98.7 Å². The zero-order valence-electron chi connectivity index (χ0n) is 7.48. The Balaban J connectivity index is 2.43. The number of oxazole rings is 1. The summed E-state index contributed by atoms with van der Waals surface area (Å²) in [6.07, 6.45) is 2.32. The molecular weight excluding hydrogens is 309 g/mol. The van der Waals surface area contributed by atoms with Crippen LogP contribution in [0.25, 0.3) is 17.2 Å². The SMILES string of the molecule is O=C(O)/C=C/c1nc2ccc(I)cc2o1. The van der Waals surface area contributed by atoms with Crippen LogP contribution in [-0.2, 0) is 4.79 Å². The summed E-state index contributed by atoms with van der Waals surface area (Å²) >= 11 is 2.17. The summed E-state index contributed by atoms with van der Waals surface area (Å²) < 4.78 is 6.38. The normalized spacial score (nSPS) is 11.3. The second-order valence-corrected chi connectivity index (χ2v) is 4.08. The molecule has 0 aliphatic carbocycles. The van der Waals surface area contributed by atoms with Gasteiger partial charge < -0.3 is 9.52 Å². The number of benzene rings is 1. The molecule has 0 radical (unpaired) electrons. The number of rotatable bonds is 2. The second kappa shape index (κ2) is 4.01. The molecule has 0 spiro atoms. The fraction of sp³-hybridized carbons (Fsp3) is 0. The number of aromatic nitrogens is 1. The summed E-state index contributed by atoms with van der Waals surface area (Å²) in [6, 6.07) is 5.59. The van der Waals surface area contributed by atoms with Crippen molar-refractivity contribution < 1.29 is 14.3 Å². The largest absolute Gasteiger partial charge is 0.478 e. The predicted octanol–water partition coefficient (Wildman–Crippen LogP) is 2.53. The third-order valence-corrected chi connectivity index (χ3v) is 2.41. The van der Waals surface area contributed by atoms with Crippen LogP contribution < -0.4 is 0 Å². The van der Waals surface area contributed by atoms with Crippen molar-refractivity contribution in [3.63, 3.8) is 0 Å². The smallest absolute Gasteiger partial charge is 0.328 e. The number of hydrogen-bond donors (Lipinski definition) is 1. The van der Waals surface area contributed by atoms with Gasteiger partial charge in [0.25, 0.3) is 0 Å². The molecule has 0 aliphatic rings. The van der Waals surface area contributed by atoms with Crippen molar-refractivity contribution in [3.05, 3.63) is 33.7 Å². The molecule has 0 aliphatic heterocycles. The minimum Gasteiger partial charge on any atom is -0.478 e. The van der Waals surface area contributed by atoms with Gasteiger partial charge in [-0.2, -0.15) is 0 Å².